The maximum absolute atomic E-state index is 4.84. The van der Waals surface area contributed by atoms with Gasteiger partial charge in [0.15, 0.2) is 5.69 Å². The monoisotopic (exact) mass is 178 g/mol. The SMILES string of the molecule is [S-][n+]1nc(-c2ccccc2)co1. The van der Waals surface area contributed by atoms with Crippen molar-refractivity contribution in [2.45, 2.75) is 0 Å². The molecule has 0 spiro atoms. The molecule has 2 aromatic rings. The predicted molar refractivity (Wildman–Crippen MR) is 44.9 cm³/mol. The van der Waals surface area contributed by atoms with Crippen molar-refractivity contribution in [1.29, 1.82) is 0 Å². The van der Waals surface area contributed by atoms with Crippen LogP contribution in [0, 0.1) is 0 Å². The van der Waals surface area contributed by atoms with E-state index < -0.39 is 0 Å². The summed E-state index contributed by atoms with van der Waals surface area (Å²) in [5, 5.41) is 3.95. The summed E-state index contributed by atoms with van der Waals surface area (Å²) >= 11 is 4.67. The van der Waals surface area contributed by atoms with Crippen molar-refractivity contribution in [3.05, 3.63) is 36.6 Å². The Morgan fingerprint density at radius 2 is 2.00 bits per heavy atom. The van der Waals surface area contributed by atoms with E-state index in [1.165, 1.54) is 6.26 Å². The van der Waals surface area contributed by atoms with Crippen LogP contribution in [0.4, 0.5) is 0 Å². The summed E-state index contributed by atoms with van der Waals surface area (Å²) in [7, 11) is 0. The molecule has 0 saturated heterocycles. The van der Waals surface area contributed by atoms with Crippen molar-refractivity contribution in [3.8, 4) is 11.3 Å². The molecule has 0 unspecified atom stereocenters. The Kier molecular flexibility index (Phi) is 1.75. The topological polar surface area (TPSA) is 29.9 Å². The van der Waals surface area contributed by atoms with Gasteiger partial charge in [-0.3, -0.25) is 0 Å². The van der Waals surface area contributed by atoms with Crippen LogP contribution >= 0.6 is 0 Å². The van der Waals surface area contributed by atoms with Gasteiger partial charge in [0.05, 0.1) is 0 Å². The zero-order chi connectivity index (χ0) is 8.39. The molecule has 1 aromatic heterocycles. The third-order valence-corrected chi connectivity index (χ3v) is 1.68. The molecule has 2 rings (SSSR count). The van der Waals surface area contributed by atoms with Gasteiger partial charge in [-0.2, -0.15) is 0 Å². The van der Waals surface area contributed by atoms with Gasteiger partial charge in [-0.05, 0) is 0 Å². The van der Waals surface area contributed by atoms with Gasteiger partial charge in [0.2, 0.25) is 6.26 Å². The first-order valence-electron chi connectivity index (χ1n) is 3.47. The summed E-state index contributed by atoms with van der Waals surface area (Å²) in [5.41, 5.74) is 1.76. The van der Waals surface area contributed by atoms with Crippen molar-refractivity contribution in [3.63, 3.8) is 0 Å². The van der Waals surface area contributed by atoms with Gasteiger partial charge in [-0.1, -0.05) is 30.3 Å². The van der Waals surface area contributed by atoms with E-state index in [4.69, 9.17) is 4.52 Å². The molecule has 0 amide bonds. The largest absolute Gasteiger partial charge is 0.334 e. The number of hydrogen-bond acceptors (Lipinski definition) is 3. The van der Waals surface area contributed by atoms with E-state index in [0.717, 1.165) is 15.5 Å². The molecule has 0 atom stereocenters. The summed E-state index contributed by atoms with van der Waals surface area (Å²) in [6.45, 7) is 0. The Labute approximate surface area is 75.1 Å². The lowest BCUT2D eigenvalue weighted by Crippen LogP contribution is -2.26. The predicted octanol–water partition coefficient (Wildman–Crippen LogP) is 0.939. The highest BCUT2D eigenvalue weighted by Crippen LogP contribution is 2.13. The number of rotatable bonds is 1. The van der Waals surface area contributed by atoms with Crippen LogP contribution < -0.4 is 4.26 Å². The Bertz CT molecular complexity index is 372. The van der Waals surface area contributed by atoms with E-state index in [0.29, 0.717) is 0 Å². The third kappa shape index (κ3) is 1.29. The fourth-order valence-corrected chi connectivity index (χ4v) is 1.10. The van der Waals surface area contributed by atoms with Crippen molar-refractivity contribution < 1.29 is 8.78 Å². The van der Waals surface area contributed by atoms with E-state index in [2.05, 4.69) is 17.9 Å². The fraction of sp³-hybridized carbons (Fsp3) is 0. The van der Waals surface area contributed by atoms with E-state index in [1.807, 2.05) is 30.3 Å². The Balaban J connectivity index is 2.45. The van der Waals surface area contributed by atoms with Gasteiger partial charge >= 0.3 is 0 Å². The van der Waals surface area contributed by atoms with Crippen LogP contribution in [0.15, 0.2) is 41.1 Å². The molecule has 0 fully saturated rings. The molecule has 1 heterocycles. The van der Waals surface area contributed by atoms with E-state index >= 15 is 0 Å². The lowest BCUT2D eigenvalue weighted by molar-refractivity contribution is -0.753. The molecule has 0 N–H and O–H groups in total. The first-order chi connectivity index (χ1) is 5.86. The first kappa shape index (κ1) is 7.24. The summed E-state index contributed by atoms with van der Waals surface area (Å²) in [5.74, 6) is 0. The quantitative estimate of drug-likeness (QED) is 0.481. The zero-order valence-corrected chi connectivity index (χ0v) is 6.99. The van der Waals surface area contributed by atoms with E-state index in [-0.39, 0.29) is 0 Å². The molecular weight excluding hydrogens is 172 g/mol. The minimum absolute atomic E-state index is 0.755. The van der Waals surface area contributed by atoms with Gasteiger partial charge in [0.25, 0.3) is 0 Å². The minimum Gasteiger partial charge on any atom is -0.334 e. The Morgan fingerprint density at radius 3 is 2.58 bits per heavy atom. The highest BCUT2D eigenvalue weighted by atomic mass is 32.1. The van der Waals surface area contributed by atoms with Gasteiger partial charge < -0.3 is 12.8 Å². The second kappa shape index (κ2) is 2.91. The lowest BCUT2D eigenvalue weighted by Gasteiger charge is -1.88. The number of aromatic nitrogens is 2. The summed E-state index contributed by atoms with van der Waals surface area (Å²) in [6.07, 6.45) is 1.53. The zero-order valence-electron chi connectivity index (χ0n) is 6.18. The van der Waals surface area contributed by atoms with E-state index in [9.17, 15) is 0 Å². The van der Waals surface area contributed by atoms with Crippen LogP contribution in [0.25, 0.3) is 11.3 Å². The fourth-order valence-electron chi connectivity index (χ4n) is 0.965. The van der Waals surface area contributed by atoms with Crippen LogP contribution in [0.5, 0.6) is 0 Å². The normalized spacial score (nSPS) is 10.0. The maximum atomic E-state index is 4.84. The van der Waals surface area contributed by atoms with E-state index in [1.54, 1.807) is 0 Å². The minimum atomic E-state index is 0.755. The van der Waals surface area contributed by atoms with Crippen molar-refractivity contribution in [1.82, 2.24) is 5.10 Å². The molecular formula is C8H6N2OS. The number of hydrogen-bond donors (Lipinski definition) is 0. The molecule has 0 saturated carbocycles. The smallest absolute Gasteiger partial charge is 0.201 e. The summed E-state index contributed by atoms with van der Waals surface area (Å²) < 4.78 is 5.86. The van der Waals surface area contributed by atoms with Crippen molar-refractivity contribution in [2.75, 3.05) is 0 Å². The molecule has 4 heteroatoms. The molecule has 0 bridgehead atoms. The molecule has 0 aliphatic heterocycles. The van der Waals surface area contributed by atoms with Crippen LogP contribution in [-0.4, -0.2) is 5.10 Å². The third-order valence-electron chi connectivity index (χ3n) is 1.51. The standard InChI is InChI=1S/C8H6N2OS/c12-10-9-8(6-11-10)7-4-2-1-3-5-7/h1-6H. The van der Waals surface area contributed by atoms with Gasteiger partial charge in [-0.15, -0.1) is 0 Å². The summed E-state index contributed by atoms with van der Waals surface area (Å²) in [4.78, 5) is 0. The van der Waals surface area contributed by atoms with Gasteiger partial charge in [0, 0.05) is 14.9 Å². The maximum Gasteiger partial charge on any atom is 0.201 e. The highest BCUT2D eigenvalue weighted by Gasteiger charge is 2.04. The number of benzene rings is 1. The van der Waals surface area contributed by atoms with Crippen LogP contribution in [0.3, 0.4) is 0 Å². The molecule has 0 aliphatic carbocycles. The molecule has 60 valence electrons. The second-order valence-corrected chi connectivity index (χ2v) is 2.62. The number of nitrogens with zero attached hydrogens (tertiary/aromatic N) is 2. The average Bonchev–Trinajstić information content (AvgIpc) is 2.54. The molecule has 0 aliphatic rings. The van der Waals surface area contributed by atoms with Gasteiger partial charge in [0.1, 0.15) is 0 Å². The lowest BCUT2D eigenvalue weighted by atomic mass is 10.2. The molecule has 12 heavy (non-hydrogen) atoms. The Morgan fingerprint density at radius 1 is 1.25 bits per heavy atom. The average molecular weight is 178 g/mol. The highest BCUT2D eigenvalue weighted by molar-refractivity contribution is 7.50. The second-order valence-electron chi connectivity index (χ2n) is 2.31. The van der Waals surface area contributed by atoms with Crippen LogP contribution in [-0.2, 0) is 12.8 Å². The molecule has 3 nitrogen and oxygen atoms in total. The summed E-state index contributed by atoms with van der Waals surface area (Å²) in [6, 6.07) is 9.74. The molecule has 1 aromatic carbocycles. The van der Waals surface area contributed by atoms with Gasteiger partial charge in [-0.25, -0.2) is 4.52 Å². The Hall–Kier alpha value is -1.42. The van der Waals surface area contributed by atoms with Crippen molar-refractivity contribution in [2.24, 2.45) is 0 Å². The molecule has 0 radical (unpaired) electrons. The van der Waals surface area contributed by atoms with Crippen LogP contribution in [0.1, 0.15) is 0 Å². The van der Waals surface area contributed by atoms with Crippen molar-refractivity contribution >= 4 is 12.8 Å². The van der Waals surface area contributed by atoms with Crippen LogP contribution in [0.2, 0.25) is 0 Å². The first-order valence-corrected chi connectivity index (χ1v) is 3.84.